The van der Waals surface area contributed by atoms with Gasteiger partial charge in [-0.2, -0.15) is 5.26 Å². The molecular weight excluding hydrogens is 380 g/mol. The average Bonchev–Trinajstić information content (AvgIpc) is 3.46. The molecule has 2 aliphatic rings. The number of urea groups is 1. The Morgan fingerprint density at radius 1 is 1.25 bits per heavy atom. The van der Waals surface area contributed by atoms with Crippen molar-refractivity contribution in [3.8, 4) is 6.07 Å². The van der Waals surface area contributed by atoms with E-state index in [-0.39, 0.29) is 23.4 Å². The van der Waals surface area contributed by atoms with E-state index in [9.17, 15) is 18.0 Å². The van der Waals surface area contributed by atoms with E-state index in [1.54, 1.807) is 29.2 Å². The molecule has 0 bridgehead atoms. The van der Waals surface area contributed by atoms with Crippen molar-refractivity contribution >= 4 is 27.3 Å². The summed E-state index contributed by atoms with van der Waals surface area (Å²) in [7, 11) is -3.23. The van der Waals surface area contributed by atoms with Gasteiger partial charge in [0.1, 0.15) is 12.1 Å². The number of rotatable bonds is 5. The monoisotopic (exact) mass is 402 g/mol. The highest BCUT2D eigenvalue weighted by Gasteiger charge is 2.51. The molecule has 0 spiro atoms. The highest BCUT2D eigenvalue weighted by molar-refractivity contribution is 7.90. The number of carbonyl (C=O) groups excluding carboxylic acids is 2. The van der Waals surface area contributed by atoms with Crippen LogP contribution in [0, 0.1) is 11.3 Å². The lowest BCUT2D eigenvalue weighted by Crippen LogP contribution is -2.53. The molecule has 8 nitrogen and oxygen atoms in total. The van der Waals surface area contributed by atoms with Crippen LogP contribution < -0.4 is 10.6 Å². The number of nitrogens with zero attached hydrogens (tertiary/aromatic N) is 2. The van der Waals surface area contributed by atoms with E-state index in [4.69, 9.17) is 5.26 Å². The highest BCUT2D eigenvalue weighted by atomic mass is 32.2. The van der Waals surface area contributed by atoms with Gasteiger partial charge in [0, 0.05) is 19.3 Å². The van der Waals surface area contributed by atoms with Crippen molar-refractivity contribution < 1.29 is 18.0 Å². The first-order valence-corrected chi connectivity index (χ1v) is 10.9. The van der Waals surface area contributed by atoms with Crippen LogP contribution in [0.25, 0.3) is 5.57 Å². The molecule has 1 aliphatic heterocycles. The molecule has 3 rings (SSSR count). The molecule has 28 heavy (non-hydrogen) atoms. The van der Waals surface area contributed by atoms with E-state index >= 15 is 0 Å². The molecular formula is C19H22N4O4S. The van der Waals surface area contributed by atoms with E-state index in [0.717, 1.165) is 11.1 Å². The molecule has 0 aromatic heterocycles. The van der Waals surface area contributed by atoms with Gasteiger partial charge in [-0.1, -0.05) is 18.2 Å². The Morgan fingerprint density at radius 3 is 2.43 bits per heavy atom. The van der Waals surface area contributed by atoms with E-state index in [0.29, 0.717) is 32.4 Å². The van der Waals surface area contributed by atoms with Crippen LogP contribution in [0.5, 0.6) is 0 Å². The maximum atomic E-state index is 12.5. The second kappa shape index (κ2) is 7.64. The van der Waals surface area contributed by atoms with E-state index in [2.05, 4.69) is 10.6 Å². The molecule has 148 valence electrons. The maximum absolute atomic E-state index is 12.5. The average molecular weight is 402 g/mol. The van der Waals surface area contributed by atoms with Gasteiger partial charge in [0.25, 0.3) is 0 Å². The predicted octanol–water partition coefficient (Wildman–Crippen LogP) is 1.06. The second-order valence-corrected chi connectivity index (χ2v) is 9.09. The SMILES string of the molecule is CS(=O)(=O)c1ccc(C2=CCN(C(=O)NC3(C(=O)NCC#N)CC3)CC2)cc1. The van der Waals surface area contributed by atoms with Crippen molar-refractivity contribution in [2.24, 2.45) is 0 Å². The number of nitriles is 1. The molecule has 1 fully saturated rings. The van der Waals surface area contributed by atoms with Crippen molar-refractivity contribution in [2.75, 3.05) is 25.9 Å². The lowest BCUT2D eigenvalue weighted by atomic mass is 10.00. The summed E-state index contributed by atoms with van der Waals surface area (Å²) >= 11 is 0. The van der Waals surface area contributed by atoms with E-state index < -0.39 is 15.4 Å². The first-order valence-electron chi connectivity index (χ1n) is 8.97. The Hall–Kier alpha value is -2.86. The normalized spacial score (nSPS) is 17.9. The largest absolute Gasteiger partial charge is 0.341 e. The molecule has 0 saturated heterocycles. The lowest BCUT2D eigenvalue weighted by Gasteiger charge is -2.29. The van der Waals surface area contributed by atoms with Crippen LogP contribution >= 0.6 is 0 Å². The second-order valence-electron chi connectivity index (χ2n) is 7.07. The van der Waals surface area contributed by atoms with Crippen LogP contribution in [0.2, 0.25) is 0 Å². The number of benzene rings is 1. The summed E-state index contributed by atoms with van der Waals surface area (Å²) < 4.78 is 23.1. The Morgan fingerprint density at radius 2 is 1.93 bits per heavy atom. The number of hydrogen-bond acceptors (Lipinski definition) is 5. The molecule has 1 heterocycles. The fourth-order valence-corrected chi connectivity index (χ4v) is 3.77. The number of carbonyl (C=O) groups is 2. The minimum Gasteiger partial charge on any atom is -0.341 e. The van der Waals surface area contributed by atoms with Crippen molar-refractivity contribution in [1.82, 2.24) is 15.5 Å². The summed E-state index contributed by atoms with van der Waals surface area (Å²) in [5.41, 5.74) is 1.10. The van der Waals surface area contributed by atoms with Crippen LogP contribution in [0.15, 0.2) is 35.2 Å². The quantitative estimate of drug-likeness (QED) is 0.714. The standard InChI is InChI=1S/C19H22N4O4S/c1-28(26,27)16-4-2-14(3-5-16)15-6-12-23(13-7-15)18(25)22-19(8-9-19)17(24)21-11-10-20/h2-6H,7-9,11-13H2,1H3,(H,21,24)(H,22,25). The van der Waals surface area contributed by atoms with E-state index in [1.807, 2.05) is 12.1 Å². The third-order valence-corrected chi connectivity index (χ3v) is 6.14. The summed E-state index contributed by atoms with van der Waals surface area (Å²) in [4.78, 5) is 26.5. The minimum atomic E-state index is -3.23. The fraction of sp³-hybridized carbons (Fsp3) is 0.421. The van der Waals surface area contributed by atoms with Gasteiger partial charge >= 0.3 is 6.03 Å². The van der Waals surface area contributed by atoms with Gasteiger partial charge < -0.3 is 15.5 Å². The summed E-state index contributed by atoms with van der Waals surface area (Å²) in [6.45, 7) is 0.830. The maximum Gasteiger partial charge on any atom is 0.318 e. The fourth-order valence-electron chi connectivity index (χ4n) is 3.14. The molecule has 1 aromatic rings. The zero-order valence-electron chi connectivity index (χ0n) is 15.6. The molecule has 9 heteroatoms. The number of amides is 3. The topological polar surface area (TPSA) is 119 Å². The minimum absolute atomic E-state index is 0.0790. The van der Waals surface area contributed by atoms with Crippen molar-refractivity contribution in [2.45, 2.75) is 29.7 Å². The first kappa shape index (κ1) is 19.9. The Bertz CT molecular complexity index is 957. The zero-order valence-corrected chi connectivity index (χ0v) is 16.4. The molecule has 1 saturated carbocycles. The molecule has 0 unspecified atom stereocenters. The van der Waals surface area contributed by atoms with Gasteiger partial charge in [-0.05, 0) is 42.5 Å². The van der Waals surface area contributed by atoms with E-state index in [1.165, 1.54) is 6.26 Å². The third kappa shape index (κ3) is 4.34. The van der Waals surface area contributed by atoms with Crippen LogP contribution in [-0.2, 0) is 14.6 Å². The van der Waals surface area contributed by atoms with Crippen LogP contribution in [0.3, 0.4) is 0 Å². The number of nitrogens with one attached hydrogen (secondary N) is 2. The number of hydrogen-bond donors (Lipinski definition) is 2. The van der Waals surface area contributed by atoms with Crippen molar-refractivity contribution in [3.63, 3.8) is 0 Å². The third-order valence-electron chi connectivity index (χ3n) is 5.01. The van der Waals surface area contributed by atoms with Gasteiger partial charge in [0.15, 0.2) is 9.84 Å². The Kier molecular flexibility index (Phi) is 5.42. The zero-order chi connectivity index (χ0) is 20.4. The molecule has 2 N–H and O–H groups in total. The van der Waals surface area contributed by atoms with Gasteiger partial charge in [0.2, 0.25) is 5.91 Å². The lowest BCUT2D eigenvalue weighted by molar-refractivity contribution is -0.123. The van der Waals surface area contributed by atoms with Gasteiger partial charge in [-0.25, -0.2) is 13.2 Å². The smallest absolute Gasteiger partial charge is 0.318 e. The summed E-state index contributed by atoms with van der Waals surface area (Å²) in [5, 5.41) is 13.9. The molecule has 0 atom stereocenters. The van der Waals surface area contributed by atoms with Gasteiger partial charge in [-0.15, -0.1) is 0 Å². The molecule has 0 radical (unpaired) electrons. The van der Waals surface area contributed by atoms with Gasteiger partial charge in [0.05, 0.1) is 11.0 Å². The van der Waals surface area contributed by atoms with Crippen LogP contribution in [0.1, 0.15) is 24.8 Å². The van der Waals surface area contributed by atoms with Crippen molar-refractivity contribution in [3.05, 3.63) is 35.9 Å². The van der Waals surface area contributed by atoms with Crippen LogP contribution in [-0.4, -0.2) is 56.7 Å². The molecule has 1 aromatic carbocycles. The molecule has 3 amide bonds. The van der Waals surface area contributed by atoms with Crippen LogP contribution in [0.4, 0.5) is 4.79 Å². The Labute approximate surface area is 164 Å². The van der Waals surface area contributed by atoms with Crippen molar-refractivity contribution in [1.29, 1.82) is 5.26 Å². The van der Waals surface area contributed by atoms with Gasteiger partial charge in [-0.3, -0.25) is 4.79 Å². The highest BCUT2D eigenvalue weighted by Crippen LogP contribution is 2.36. The Balaban J connectivity index is 1.60. The summed E-state index contributed by atoms with van der Waals surface area (Å²) in [6, 6.07) is 8.27. The summed E-state index contributed by atoms with van der Waals surface area (Å²) in [6.07, 6.45) is 4.88. The summed E-state index contributed by atoms with van der Waals surface area (Å²) in [5.74, 6) is -0.318. The first-order chi connectivity index (χ1) is 13.2. The molecule has 1 aliphatic carbocycles. The predicted molar refractivity (Wildman–Crippen MR) is 103 cm³/mol. The number of sulfone groups is 1.